The molecule has 0 saturated heterocycles. The van der Waals surface area contributed by atoms with Gasteiger partial charge in [-0.25, -0.2) is 0 Å². The van der Waals surface area contributed by atoms with Gasteiger partial charge in [-0.15, -0.1) is 0 Å². The second kappa shape index (κ2) is 11.3. The van der Waals surface area contributed by atoms with Crippen molar-refractivity contribution in [1.82, 2.24) is 4.72 Å². The second-order valence-electron chi connectivity index (χ2n) is 13.3. The summed E-state index contributed by atoms with van der Waals surface area (Å²) >= 11 is 0. The molecule has 0 fully saturated rings. The van der Waals surface area contributed by atoms with E-state index >= 15 is 0 Å². The predicted molar refractivity (Wildman–Crippen MR) is 169 cm³/mol. The summed E-state index contributed by atoms with van der Waals surface area (Å²) in [5, 5.41) is 0.475. The van der Waals surface area contributed by atoms with Crippen LogP contribution in [0.5, 0.6) is 0 Å². The highest BCUT2D eigenvalue weighted by Gasteiger charge is 2.44. The molecule has 1 unspecified atom stereocenters. The summed E-state index contributed by atoms with van der Waals surface area (Å²) < 4.78 is 4.03. The standard InChI is InChI=1S/C35H53NS/c1-9-11-13-17-21-35(22-18-14-12-10-2)31-20-16-15-19-28(31)30-25-29-27(24-32(30)35)23-26(3)33(29)37(7,8)36-34(4,5)6/h15-16,19-20,23-25,33,36H,9-14,17-18,21-22H2,1-8H3. The average molecular weight is 520 g/mol. The first-order valence-corrected chi connectivity index (χ1v) is 17.5. The van der Waals surface area contributed by atoms with Crippen LogP contribution in [0.3, 0.4) is 0 Å². The minimum atomic E-state index is -1.06. The third kappa shape index (κ3) is 5.76. The smallest absolute Gasteiger partial charge is 0.0465 e. The van der Waals surface area contributed by atoms with Crippen LogP contribution in [-0.2, 0) is 5.41 Å². The van der Waals surface area contributed by atoms with E-state index in [1.807, 2.05) is 0 Å². The minimum absolute atomic E-state index is 0.108. The number of benzene rings is 2. The van der Waals surface area contributed by atoms with Crippen molar-refractivity contribution in [3.63, 3.8) is 0 Å². The summed E-state index contributed by atoms with van der Waals surface area (Å²) in [7, 11) is -1.06. The Labute approximate surface area is 230 Å². The maximum Gasteiger partial charge on any atom is 0.0465 e. The fourth-order valence-electron chi connectivity index (χ4n) is 7.45. The van der Waals surface area contributed by atoms with E-state index in [4.69, 9.17) is 0 Å². The summed E-state index contributed by atoms with van der Waals surface area (Å²) in [5.74, 6) is 0. The lowest BCUT2D eigenvalue weighted by atomic mass is 9.70. The molecule has 2 aliphatic rings. The van der Waals surface area contributed by atoms with Gasteiger partial charge in [-0.3, -0.25) is 4.72 Å². The molecule has 2 aromatic rings. The molecule has 0 amide bonds. The predicted octanol–water partition coefficient (Wildman–Crippen LogP) is 10.7. The largest absolute Gasteiger partial charge is 0.275 e. The van der Waals surface area contributed by atoms with Crippen molar-refractivity contribution >= 4 is 16.3 Å². The van der Waals surface area contributed by atoms with Crippen LogP contribution in [0.15, 0.2) is 42.0 Å². The number of rotatable bonds is 12. The van der Waals surface area contributed by atoms with Gasteiger partial charge in [0, 0.05) is 16.2 Å². The second-order valence-corrected chi connectivity index (χ2v) is 16.8. The lowest BCUT2D eigenvalue weighted by Crippen LogP contribution is -2.39. The molecule has 0 bridgehead atoms. The summed E-state index contributed by atoms with van der Waals surface area (Å²) in [6.45, 7) is 13.9. The quantitative estimate of drug-likeness (QED) is 0.275. The van der Waals surface area contributed by atoms with Crippen molar-refractivity contribution < 1.29 is 0 Å². The molecule has 1 N–H and O–H groups in total. The van der Waals surface area contributed by atoms with Gasteiger partial charge >= 0.3 is 0 Å². The zero-order valence-electron chi connectivity index (χ0n) is 25.1. The van der Waals surface area contributed by atoms with Crippen molar-refractivity contribution in [2.75, 3.05) is 12.5 Å². The van der Waals surface area contributed by atoms with E-state index in [1.165, 1.54) is 86.5 Å². The van der Waals surface area contributed by atoms with Crippen molar-refractivity contribution in [2.24, 2.45) is 0 Å². The molecule has 0 saturated carbocycles. The molecule has 1 nitrogen and oxygen atoms in total. The van der Waals surface area contributed by atoms with Crippen molar-refractivity contribution in [3.05, 3.63) is 64.2 Å². The van der Waals surface area contributed by atoms with Crippen LogP contribution in [0.25, 0.3) is 17.2 Å². The molecule has 0 aromatic heterocycles. The fourth-order valence-corrected chi connectivity index (χ4v) is 11.0. The molecule has 0 radical (unpaired) electrons. The Morgan fingerprint density at radius 3 is 2.03 bits per heavy atom. The maximum atomic E-state index is 4.03. The monoisotopic (exact) mass is 519 g/mol. The summed E-state index contributed by atoms with van der Waals surface area (Å²) in [6.07, 6.45) is 20.7. The Balaban J connectivity index is 1.81. The Kier molecular flexibility index (Phi) is 8.71. The van der Waals surface area contributed by atoms with Crippen LogP contribution in [0.2, 0.25) is 0 Å². The van der Waals surface area contributed by atoms with Crippen LogP contribution in [-0.4, -0.2) is 18.1 Å². The summed E-state index contributed by atoms with van der Waals surface area (Å²) in [6, 6.07) is 14.7. The highest BCUT2D eigenvalue weighted by molar-refractivity contribution is 8.31. The Morgan fingerprint density at radius 2 is 1.43 bits per heavy atom. The van der Waals surface area contributed by atoms with Crippen molar-refractivity contribution in [1.29, 1.82) is 0 Å². The van der Waals surface area contributed by atoms with Gasteiger partial charge < -0.3 is 0 Å². The van der Waals surface area contributed by atoms with E-state index in [1.54, 1.807) is 16.7 Å². The first kappa shape index (κ1) is 28.5. The molecule has 0 heterocycles. The molecule has 0 spiro atoms. The van der Waals surface area contributed by atoms with Crippen molar-refractivity contribution in [2.45, 2.75) is 122 Å². The topological polar surface area (TPSA) is 12.0 Å². The Bertz CT molecular complexity index is 1100. The van der Waals surface area contributed by atoms with Gasteiger partial charge in [0.05, 0.1) is 0 Å². The first-order chi connectivity index (χ1) is 17.5. The maximum absolute atomic E-state index is 4.03. The van der Waals surface area contributed by atoms with Gasteiger partial charge in [-0.05, 0) is 98.6 Å². The summed E-state index contributed by atoms with van der Waals surface area (Å²) in [5.41, 5.74) is 11.1. The lowest BCUT2D eigenvalue weighted by Gasteiger charge is -2.45. The lowest BCUT2D eigenvalue weighted by molar-refractivity contribution is 0.401. The van der Waals surface area contributed by atoms with Gasteiger partial charge in [0.15, 0.2) is 0 Å². The highest BCUT2D eigenvalue weighted by Crippen LogP contribution is 2.62. The van der Waals surface area contributed by atoms with Gasteiger partial charge in [-0.2, -0.15) is 10.2 Å². The minimum Gasteiger partial charge on any atom is -0.275 e. The van der Waals surface area contributed by atoms with Crippen LogP contribution in [0, 0.1) is 0 Å². The molecule has 2 heteroatoms. The van der Waals surface area contributed by atoms with Gasteiger partial charge in [0.25, 0.3) is 0 Å². The van der Waals surface area contributed by atoms with Crippen LogP contribution < -0.4 is 4.72 Å². The SMILES string of the molecule is CCCCCCC1(CCCCCC)c2ccccc2-c2cc3c(cc21)C=C(C)C3S(C)(C)NC(C)(C)C. The number of fused-ring (bicyclic) bond motifs is 4. The fraction of sp³-hybridized carbons (Fsp3) is 0.600. The molecular formula is C35H53NS. The van der Waals surface area contributed by atoms with E-state index in [2.05, 4.69) is 101 Å². The number of hydrogen-bond donors (Lipinski definition) is 1. The van der Waals surface area contributed by atoms with E-state index in [0.29, 0.717) is 5.25 Å². The Morgan fingerprint density at radius 1 is 0.811 bits per heavy atom. The molecule has 2 aliphatic carbocycles. The highest BCUT2D eigenvalue weighted by atomic mass is 32.3. The zero-order valence-corrected chi connectivity index (χ0v) is 25.9. The average Bonchev–Trinajstić information content (AvgIpc) is 3.29. The van der Waals surface area contributed by atoms with E-state index < -0.39 is 10.2 Å². The Hall–Kier alpha value is -1.51. The van der Waals surface area contributed by atoms with Crippen LogP contribution in [0.1, 0.15) is 133 Å². The molecule has 2 aromatic carbocycles. The van der Waals surface area contributed by atoms with Gasteiger partial charge in [0.1, 0.15) is 0 Å². The molecule has 37 heavy (non-hydrogen) atoms. The molecule has 4 rings (SSSR count). The van der Waals surface area contributed by atoms with Crippen molar-refractivity contribution in [3.8, 4) is 11.1 Å². The molecule has 204 valence electrons. The number of hydrogen-bond acceptors (Lipinski definition) is 1. The third-order valence-corrected chi connectivity index (χ3v) is 11.6. The van der Waals surface area contributed by atoms with Crippen LogP contribution in [0.4, 0.5) is 0 Å². The first-order valence-electron chi connectivity index (χ1n) is 15.0. The summed E-state index contributed by atoms with van der Waals surface area (Å²) in [4.78, 5) is 0. The normalized spacial score (nSPS) is 18.4. The molecular weight excluding hydrogens is 466 g/mol. The molecule has 0 aliphatic heterocycles. The number of unbranched alkanes of at least 4 members (excludes halogenated alkanes) is 6. The third-order valence-electron chi connectivity index (χ3n) is 8.62. The van der Waals surface area contributed by atoms with Gasteiger partial charge in [-0.1, -0.05) is 101 Å². The van der Waals surface area contributed by atoms with Gasteiger partial charge in [0.2, 0.25) is 0 Å². The molecule has 1 atom stereocenters. The van der Waals surface area contributed by atoms with E-state index in [0.717, 1.165) is 0 Å². The number of nitrogens with one attached hydrogen (secondary N) is 1. The van der Waals surface area contributed by atoms with E-state index in [-0.39, 0.29) is 11.0 Å². The van der Waals surface area contributed by atoms with E-state index in [9.17, 15) is 0 Å². The van der Waals surface area contributed by atoms with Crippen LogP contribution >= 0.6 is 10.2 Å². The zero-order chi connectivity index (χ0) is 26.8.